The number of rotatable bonds is 6. The lowest BCUT2D eigenvalue weighted by Gasteiger charge is -2.27. The first-order valence-corrected chi connectivity index (χ1v) is 6.72. The predicted octanol–water partition coefficient (Wildman–Crippen LogP) is 1.48. The number of aliphatic hydroxyl groups excluding tert-OH is 1. The van der Waals surface area contributed by atoms with Crippen molar-refractivity contribution in [3.63, 3.8) is 0 Å². The van der Waals surface area contributed by atoms with Crippen LogP contribution in [0.2, 0.25) is 0 Å². The van der Waals surface area contributed by atoms with Crippen molar-refractivity contribution in [2.24, 2.45) is 0 Å². The zero-order valence-corrected chi connectivity index (χ0v) is 11.0. The number of nitrogens with zero attached hydrogens (tertiary/aromatic N) is 1. The van der Waals surface area contributed by atoms with Gasteiger partial charge in [0.15, 0.2) is 0 Å². The van der Waals surface area contributed by atoms with Crippen LogP contribution in [0, 0.1) is 0 Å². The van der Waals surface area contributed by atoms with Crippen molar-refractivity contribution in [2.75, 3.05) is 26.3 Å². The van der Waals surface area contributed by atoms with Gasteiger partial charge in [-0.3, -0.25) is 0 Å². The molecule has 100 valence electrons. The Morgan fingerprint density at radius 2 is 2.39 bits per heavy atom. The number of pyridine rings is 1. The van der Waals surface area contributed by atoms with Crippen molar-refractivity contribution in [1.29, 1.82) is 0 Å². The van der Waals surface area contributed by atoms with E-state index >= 15 is 0 Å². The third-order valence-corrected chi connectivity index (χ3v) is 3.64. The first kappa shape index (κ1) is 13.3. The van der Waals surface area contributed by atoms with E-state index in [4.69, 9.17) is 4.74 Å². The Balaban J connectivity index is 2.11. The van der Waals surface area contributed by atoms with Gasteiger partial charge in [-0.1, -0.05) is 13.0 Å². The third-order valence-electron chi connectivity index (χ3n) is 3.64. The number of aliphatic hydroxyl groups is 1. The van der Waals surface area contributed by atoms with E-state index < -0.39 is 0 Å². The molecule has 1 fully saturated rings. The van der Waals surface area contributed by atoms with Crippen LogP contribution in [-0.4, -0.2) is 36.4 Å². The van der Waals surface area contributed by atoms with Gasteiger partial charge in [0.1, 0.15) is 0 Å². The second kappa shape index (κ2) is 6.16. The van der Waals surface area contributed by atoms with Crippen LogP contribution < -0.4 is 10.1 Å². The molecule has 18 heavy (non-hydrogen) atoms. The van der Waals surface area contributed by atoms with E-state index in [1.54, 1.807) is 0 Å². The monoisotopic (exact) mass is 250 g/mol. The Hall–Kier alpha value is -1.13. The standard InChI is InChI=1S/C14H22N2O2/c1-2-9-18-13-4-3-12(10-16-13)14(6-8-17)5-7-15-11-14/h3-4,10,15,17H,2,5-9,11H2,1H3. The fraction of sp³-hybridized carbons (Fsp3) is 0.643. The molecule has 0 aromatic carbocycles. The molecule has 0 amide bonds. The summed E-state index contributed by atoms with van der Waals surface area (Å²) in [7, 11) is 0. The van der Waals surface area contributed by atoms with Crippen molar-refractivity contribution < 1.29 is 9.84 Å². The molecule has 0 saturated carbocycles. The van der Waals surface area contributed by atoms with Gasteiger partial charge in [0.2, 0.25) is 5.88 Å². The summed E-state index contributed by atoms with van der Waals surface area (Å²) in [4.78, 5) is 4.36. The van der Waals surface area contributed by atoms with Crippen LogP contribution in [0.25, 0.3) is 0 Å². The van der Waals surface area contributed by atoms with Gasteiger partial charge in [0.25, 0.3) is 0 Å². The summed E-state index contributed by atoms with van der Waals surface area (Å²) in [6.07, 6.45) is 4.73. The molecule has 1 aliphatic heterocycles. The number of nitrogens with one attached hydrogen (secondary N) is 1. The van der Waals surface area contributed by atoms with E-state index in [2.05, 4.69) is 23.3 Å². The Morgan fingerprint density at radius 3 is 2.94 bits per heavy atom. The van der Waals surface area contributed by atoms with Gasteiger partial charge in [-0.2, -0.15) is 0 Å². The number of hydrogen-bond donors (Lipinski definition) is 2. The minimum Gasteiger partial charge on any atom is -0.478 e. The van der Waals surface area contributed by atoms with Gasteiger partial charge < -0.3 is 15.2 Å². The molecule has 2 heterocycles. The molecule has 0 bridgehead atoms. The lowest BCUT2D eigenvalue weighted by molar-refractivity contribution is 0.243. The van der Waals surface area contributed by atoms with Gasteiger partial charge in [0.05, 0.1) is 6.61 Å². The quantitative estimate of drug-likeness (QED) is 0.803. The van der Waals surface area contributed by atoms with Crippen LogP contribution in [-0.2, 0) is 5.41 Å². The Morgan fingerprint density at radius 1 is 1.50 bits per heavy atom. The number of hydrogen-bond acceptors (Lipinski definition) is 4. The van der Waals surface area contributed by atoms with Crippen molar-refractivity contribution >= 4 is 0 Å². The second-order valence-corrected chi connectivity index (χ2v) is 4.91. The topological polar surface area (TPSA) is 54.4 Å². The van der Waals surface area contributed by atoms with E-state index in [0.29, 0.717) is 12.5 Å². The van der Waals surface area contributed by atoms with Gasteiger partial charge in [-0.05, 0) is 31.4 Å². The van der Waals surface area contributed by atoms with Gasteiger partial charge in [-0.25, -0.2) is 4.98 Å². The molecule has 4 heteroatoms. The minimum atomic E-state index is 0.0467. The highest BCUT2D eigenvalue weighted by atomic mass is 16.5. The minimum absolute atomic E-state index is 0.0467. The molecule has 1 aromatic rings. The maximum Gasteiger partial charge on any atom is 0.213 e. The van der Waals surface area contributed by atoms with Crippen molar-refractivity contribution in [3.8, 4) is 5.88 Å². The molecule has 0 radical (unpaired) electrons. The Kier molecular flexibility index (Phi) is 4.55. The van der Waals surface area contributed by atoms with E-state index in [0.717, 1.165) is 32.4 Å². The lowest BCUT2D eigenvalue weighted by atomic mass is 9.78. The van der Waals surface area contributed by atoms with Crippen LogP contribution in [0.15, 0.2) is 18.3 Å². The number of aromatic nitrogens is 1. The molecule has 1 unspecified atom stereocenters. The molecule has 1 atom stereocenters. The average Bonchev–Trinajstić information content (AvgIpc) is 2.87. The van der Waals surface area contributed by atoms with Crippen LogP contribution in [0.1, 0.15) is 31.7 Å². The fourth-order valence-corrected chi connectivity index (χ4v) is 2.55. The fourth-order valence-electron chi connectivity index (χ4n) is 2.55. The molecular weight excluding hydrogens is 228 g/mol. The van der Waals surface area contributed by atoms with Crippen LogP contribution in [0.5, 0.6) is 5.88 Å². The van der Waals surface area contributed by atoms with Crippen LogP contribution >= 0.6 is 0 Å². The van der Waals surface area contributed by atoms with Crippen molar-refractivity contribution in [3.05, 3.63) is 23.9 Å². The van der Waals surface area contributed by atoms with Crippen LogP contribution in [0.3, 0.4) is 0 Å². The Labute approximate surface area is 108 Å². The largest absolute Gasteiger partial charge is 0.478 e. The highest BCUT2D eigenvalue weighted by Gasteiger charge is 2.35. The summed E-state index contributed by atoms with van der Waals surface area (Å²) in [5.74, 6) is 0.686. The first-order valence-electron chi connectivity index (χ1n) is 6.72. The van der Waals surface area contributed by atoms with E-state index in [1.807, 2.05) is 12.3 Å². The molecule has 4 nitrogen and oxygen atoms in total. The second-order valence-electron chi connectivity index (χ2n) is 4.91. The van der Waals surface area contributed by atoms with Gasteiger partial charge in [-0.15, -0.1) is 0 Å². The van der Waals surface area contributed by atoms with Crippen molar-refractivity contribution in [2.45, 2.75) is 31.6 Å². The SMILES string of the molecule is CCCOc1ccc(C2(CCO)CCNC2)cn1. The zero-order valence-electron chi connectivity index (χ0n) is 11.0. The molecular formula is C14H22N2O2. The highest BCUT2D eigenvalue weighted by Crippen LogP contribution is 2.34. The average molecular weight is 250 g/mol. The van der Waals surface area contributed by atoms with Crippen molar-refractivity contribution in [1.82, 2.24) is 10.3 Å². The zero-order chi connectivity index (χ0) is 12.8. The molecule has 1 aliphatic rings. The maximum atomic E-state index is 9.25. The number of ether oxygens (including phenoxy) is 1. The maximum absolute atomic E-state index is 9.25. The molecule has 1 aromatic heterocycles. The predicted molar refractivity (Wildman–Crippen MR) is 70.9 cm³/mol. The molecule has 1 saturated heterocycles. The molecule has 2 rings (SSSR count). The smallest absolute Gasteiger partial charge is 0.213 e. The normalized spacial score (nSPS) is 23.2. The first-order chi connectivity index (χ1) is 8.80. The summed E-state index contributed by atoms with van der Waals surface area (Å²) in [5, 5.41) is 12.6. The molecule has 2 N–H and O–H groups in total. The van der Waals surface area contributed by atoms with Crippen LogP contribution in [0.4, 0.5) is 0 Å². The summed E-state index contributed by atoms with van der Waals surface area (Å²) >= 11 is 0. The van der Waals surface area contributed by atoms with E-state index in [1.165, 1.54) is 5.56 Å². The lowest BCUT2D eigenvalue weighted by Crippen LogP contribution is -2.30. The highest BCUT2D eigenvalue weighted by molar-refractivity contribution is 5.28. The molecule has 0 aliphatic carbocycles. The molecule has 0 spiro atoms. The summed E-state index contributed by atoms with van der Waals surface area (Å²) < 4.78 is 5.49. The summed E-state index contributed by atoms with van der Waals surface area (Å²) in [6.45, 7) is 4.93. The van der Waals surface area contributed by atoms with E-state index in [-0.39, 0.29) is 12.0 Å². The van der Waals surface area contributed by atoms with Gasteiger partial charge in [0, 0.05) is 30.8 Å². The summed E-state index contributed by atoms with van der Waals surface area (Å²) in [6, 6.07) is 4.02. The summed E-state index contributed by atoms with van der Waals surface area (Å²) in [5.41, 5.74) is 1.25. The van der Waals surface area contributed by atoms with Gasteiger partial charge >= 0.3 is 0 Å². The van der Waals surface area contributed by atoms with E-state index in [9.17, 15) is 5.11 Å². The Bertz CT molecular complexity index is 359. The third kappa shape index (κ3) is 2.82.